The van der Waals surface area contributed by atoms with Crippen LogP contribution < -0.4 is 5.73 Å². The van der Waals surface area contributed by atoms with Gasteiger partial charge in [-0.3, -0.25) is 19.0 Å². The third-order valence-corrected chi connectivity index (χ3v) is 5.24. The molecule has 1 aliphatic heterocycles. The Hall–Kier alpha value is -3.94. The van der Waals surface area contributed by atoms with Crippen LogP contribution in [0.4, 0.5) is 0 Å². The van der Waals surface area contributed by atoms with Crippen molar-refractivity contribution in [1.29, 1.82) is 0 Å². The quantitative estimate of drug-likeness (QED) is 0.626. The summed E-state index contributed by atoms with van der Waals surface area (Å²) in [4.78, 5) is 41.2. The Bertz CT molecular complexity index is 1120. The van der Waals surface area contributed by atoms with E-state index in [2.05, 4.69) is 4.98 Å². The van der Waals surface area contributed by atoms with E-state index in [0.717, 1.165) is 22.5 Å². The van der Waals surface area contributed by atoms with E-state index >= 15 is 0 Å². The van der Waals surface area contributed by atoms with Gasteiger partial charge in [0.1, 0.15) is 6.04 Å². The SMILES string of the molecule is NC(=O)C(CCC(=O)O)N1Cc2cc(-n3cncc3-c3ccccc3)ccc2C1=O. The van der Waals surface area contributed by atoms with Gasteiger partial charge in [-0.1, -0.05) is 30.3 Å². The highest BCUT2D eigenvalue weighted by molar-refractivity contribution is 6.01. The van der Waals surface area contributed by atoms with Crippen molar-refractivity contribution in [2.45, 2.75) is 25.4 Å². The fourth-order valence-corrected chi connectivity index (χ4v) is 3.77. The molecule has 0 bridgehead atoms. The van der Waals surface area contributed by atoms with E-state index in [1.165, 1.54) is 4.90 Å². The largest absolute Gasteiger partial charge is 0.481 e. The zero-order valence-corrected chi connectivity index (χ0v) is 16.1. The fraction of sp³-hybridized carbons (Fsp3) is 0.182. The number of carboxylic acids is 1. The van der Waals surface area contributed by atoms with Crippen LogP contribution in [0, 0.1) is 0 Å². The second-order valence-corrected chi connectivity index (χ2v) is 7.14. The molecule has 0 aliphatic carbocycles. The minimum Gasteiger partial charge on any atom is -0.481 e. The predicted octanol–water partition coefficient (Wildman–Crippen LogP) is 2.21. The number of primary amides is 1. The summed E-state index contributed by atoms with van der Waals surface area (Å²) in [7, 11) is 0. The first-order valence-corrected chi connectivity index (χ1v) is 9.49. The van der Waals surface area contributed by atoms with Gasteiger partial charge < -0.3 is 15.7 Å². The summed E-state index contributed by atoms with van der Waals surface area (Å²) in [6, 6.07) is 14.3. The number of nitrogens with zero attached hydrogens (tertiary/aromatic N) is 3. The molecule has 4 rings (SSSR count). The molecular formula is C22H20N4O4. The summed E-state index contributed by atoms with van der Waals surface area (Å²) < 4.78 is 1.93. The van der Waals surface area contributed by atoms with Crippen LogP contribution in [0.1, 0.15) is 28.8 Å². The summed E-state index contributed by atoms with van der Waals surface area (Å²) in [6.45, 7) is 0.199. The first-order chi connectivity index (χ1) is 14.5. The molecule has 0 radical (unpaired) electrons. The van der Waals surface area contributed by atoms with Crippen LogP contribution in [0.25, 0.3) is 16.9 Å². The third-order valence-electron chi connectivity index (χ3n) is 5.24. The normalized spacial score (nSPS) is 13.9. The minimum absolute atomic E-state index is 0.0169. The van der Waals surface area contributed by atoms with Crippen LogP contribution in [-0.2, 0) is 16.1 Å². The molecule has 0 fully saturated rings. The molecule has 1 unspecified atom stereocenters. The van der Waals surface area contributed by atoms with Gasteiger partial charge in [-0.25, -0.2) is 4.98 Å². The lowest BCUT2D eigenvalue weighted by Gasteiger charge is -2.24. The summed E-state index contributed by atoms with van der Waals surface area (Å²) in [5.74, 6) is -2.07. The van der Waals surface area contributed by atoms with Gasteiger partial charge in [-0.05, 0) is 30.2 Å². The molecule has 30 heavy (non-hydrogen) atoms. The zero-order valence-electron chi connectivity index (χ0n) is 16.1. The molecule has 8 heteroatoms. The molecule has 1 aromatic heterocycles. The number of imidazole rings is 1. The van der Waals surface area contributed by atoms with E-state index in [9.17, 15) is 14.4 Å². The maximum Gasteiger partial charge on any atom is 0.303 e. The predicted molar refractivity (Wildman–Crippen MR) is 109 cm³/mol. The molecule has 1 aliphatic rings. The standard InChI is InChI=1S/C22H20N4O4/c23-21(29)18(8-9-20(27)28)25-12-15-10-16(6-7-17(15)22(25)30)26-13-24-11-19(26)14-4-2-1-3-5-14/h1-7,10-11,13,18H,8-9,12H2,(H2,23,29)(H,27,28). The Morgan fingerprint density at radius 2 is 1.93 bits per heavy atom. The number of nitrogens with two attached hydrogens (primary N) is 1. The summed E-state index contributed by atoms with van der Waals surface area (Å²) in [6.07, 6.45) is 3.22. The van der Waals surface area contributed by atoms with Crippen molar-refractivity contribution in [2.24, 2.45) is 5.73 Å². The maximum absolute atomic E-state index is 12.8. The number of fused-ring (bicyclic) bond motifs is 1. The number of rotatable bonds is 7. The molecule has 152 valence electrons. The number of hydrogen-bond donors (Lipinski definition) is 2. The van der Waals surface area contributed by atoms with Gasteiger partial charge in [0.25, 0.3) is 5.91 Å². The van der Waals surface area contributed by atoms with Crippen molar-refractivity contribution in [3.63, 3.8) is 0 Å². The van der Waals surface area contributed by atoms with E-state index in [1.807, 2.05) is 47.0 Å². The first kappa shape index (κ1) is 19.4. The molecule has 0 saturated carbocycles. The van der Waals surface area contributed by atoms with E-state index in [1.54, 1.807) is 18.6 Å². The molecule has 1 atom stereocenters. The van der Waals surface area contributed by atoms with Gasteiger partial charge >= 0.3 is 5.97 Å². The summed E-state index contributed by atoms with van der Waals surface area (Å²) in [5.41, 5.74) is 9.45. The van der Waals surface area contributed by atoms with Gasteiger partial charge in [0.05, 0.1) is 18.2 Å². The number of hydrogen-bond acceptors (Lipinski definition) is 4. The van der Waals surface area contributed by atoms with Crippen LogP contribution in [0.2, 0.25) is 0 Å². The molecule has 0 spiro atoms. The lowest BCUT2D eigenvalue weighted by molar-refractivity contribution is -0.137. The van der Waals surface area contributed by atoms with E-state index in [4.69, 9.17) is 10.8 Å². The molecule has 3 N–H and O–H groups in total. The Kier molecular flexibility index (Phi) is 5.05. The topological polar surface area (TPSA) is 119 Å². The van der Waals surface area contributed by atoms with Crippen LogP contribution in [-0.4, -0.2) is 43.4 Å². The lowest BCUT2D eigenvalue weighted by atomic mass is 10.1. The number of amides is 2. The van der Waals surface area contributed by atoms with Gasteiger partial charge in [-0.15, -0.1) is 0 Å². The second kappa shape index (κ2) is 7.82. The van der Waals surface area contributed by atoms with Crippen LogP contribution in [0.15, 0.2) is 61.1 Å². The van der Waals surface area contributed by atoms with Crippen LogP contribution >= 0.6 is 0 Å². The molecular weight excluding hydrogens is 384 g/mol. The first-order valence-electron chi connectivity index (χ1n) is 9.49. The molecule has 2 amide bonds. The highest BCUT2D eigenvalue weighted by Crippen LogP contribution is 2.30. The van der Waals surface area contributed by atoms with Crippen LogP contribution in [0.3, 0.4) is 0 Å². The van der Waals surface area contributed by atoms with Crippen molar-refractivity contribution in [3.05, 3.63) is 72.2 Å². The zero-order chi connectivity index (χ0) is 21.3. The molecule has 8 nitrogen and oxygen atoms in total. The Labute approximate surface area is 172 Å². The smallest absolute Gasteiger partial charge is 0.303 e. The third kappa shape index (κ3) is 3.55. The summed E-state index contributed by atoms with van der Waals surface area (Å²) >= 11 is 0. The molecule has 2 aromatic carbocycles. The van der Waals surface area contributed by atoms with E-state index in [0.29, 0.717) is 5.56 Å². The number of carbonyl (C=O) groups is 3. The second-order valence-electron chi connectivity index (χ2n) is 7.14. The average molecular weight is 404 g/mol. The van der Waals surface area contributed by atoms with E-state index in [-0.39, 0.29) is 25.3 Å². The van der Waals surface area contributed by atoms with Gasteiger partial charge in [0, 0.05) is 29.8 Å². The van der Waals surface area contributed by atoms with Crippen molar-refractivity contribution >= 4 is 17.8 Å². The highest BCUT2D eigenvalue weighted by Gasteiger charge is 2.35. The Balaban J connectivity index is 1.64. The minimum atomic E-state index is -1.04. The number of carboxylic acid groups (broad SMARTS) is 1. The highest BCUT2D eigenvalue weighted by atomic mass is 16.4. The molecule has 0 saturated heterocycles. The fourth-order valence-electron chi connectivity index (χ4n) is 3.77. The summed E-state index contributed by atoms with van der Waals surface area (Å²) in [5, 5.41) is 8.92. The number of carbonyl (C=O) groups excluding carboxylic acids is 2. The van der Waals surface area contributed by atoms with Crippen molar-refractivity contribution in [3.8, 4) is 16.9 Å². The number of benzene rings is 2. The number of aliphatic carboxylic acids is 1. The molecule has 3 aromatic rings. The van der Waals surface area contributed by atoms with Crippen molar-refractivity contribution in [2.75, 3.05) is 0 Å². The average Bonchev–Trinajstić information content (AvgIpc) is 3.34. The molecule has 2 heterocycles. The number of aromatic nitrogens is 2. The van der Waals surface area contributed by atoms with Gasteiger partial charge in [-0.2, -0.15) is 0 Å². The lowest BCUT2D eigenvalue weighted by Crippen LogP contribution is -2.45. The van der Waals surface area contributed by atoms with Gasteiger partial charge in [0.2, 0.25) is 5.91 Å². The van der Waals surface area contributed by atoms with Gasteiger partial charge in [0.15, 0.2) is 0 Å². The maximum atomic E-state index is 12.8. The monoisotopic (exact) mass is 404 g/mol. The van der Waals surface area contributed by atoms with E-state index < -0.39 is 17.9 Å². The Morgan fingerprint density at radius 3 is 2.63 bits per heavy atom. The Morgan fingerprint density at radius 1 is 1.17 bits per heavy atom. The van der Waals surface area contributed by atoms with Crippen molar-refractivity contribution in [1.82, 2.24) is 14.5 Å². The van der Waals surface area contributed by atoms with Crippen molar-refractivity contribution < 1.29 is 19.5 Å². The van der Waals surface area contributed by atoms with Crippen LogP contribution in [0.5, 0.6) is 0 Å².